The fraction of sp³-hybridized carbons (Fsp3) is 0.474. The molecule has 0 bridgehead atoms. The smallest absolute Gasteiger partial charge is 0.351 e. The Kier molecular flexibility index (Phi) is 4.71. The van der Waals surface area contributed by atoms with Gasteiger partial charge in [-0.1, -0.05) is 32.0 Å². The third-order valence-corrected chi connectivity index (χ3v) is 4.75. The molecular weight excluding hydrogens is 304 g/mol. The van der Waals surface area contributed by atoms with Crippen molar-refractivity contribution in [3.8, 4) is 17.1 Å². The van der Waals surface area contributed by atoms with Crippen LogP contribution in [-0.4, -0.2) is 27.9 Å². The molecule has 5 heteroatoms. The number of aromatic nitrogens is 2. The summed E-state index contributed by atoms with van der Waals surface area (Å²) in [6, 6.07) is 8.17. The van der Waals surface area contributed by atoms with E-state index in [1.165, 1.54) is 18.2 Å². The molecule has 5 nitrogen and oxygen atoms in total. The number of nitrogens with zero attached hydrogens (tertiary/aromatic N) is 2. The average molecular weight is 328 g/mol. The molecule has 0 amide bonds. The number of benzene rings is 1. The van der Waals surface area contributed by atoms with Gasteiger partial charge in [-0.15, -0.1) is 0 Å². The summed E-state index contributed by atoms with van der Waals surface area (Å²) in [5.74, 6) is 0.629. The molecule has 0 fully saturated rings. The highest BCUT2D eigenvalue weighted by Gasteiger charge is 2.19. The van der Waals surface area contributed by atoms with Gasteiger partial charge in [0.1, 0.15) is 0 Å². The predicted octanol–water partition coefficient (Wildman–Crippen LogP) is 2.42. The molecule has 1 unspecified atom stereocenters. The molecule has 1 atom stereocenters. The van der Waals surface area contributed by atoms with Crippen molar-refractivity contribution in [1.82, 2.24) is 9.55 Å². The van der Waals surface area contributed by atoms with E-state index in [2.05, 4.69) is 23.2 Å². The molecule has 1 N–H and O–H groups in total. The van der Waals surface area contributed by atoms with E-state index in [-0.39, 0.29) is 17.7 Å². The summed E-state index contributed by atoms with van der Waals surface area (Å²) in [7, 11) is 1.52. The van der Waals surface area contributed by atoms with E-state index in [1.807, 2.05) is 19.9 Å². The fourth-order valence-electron chi connectivity index (χ4n) is 3.17. The minimum Gasteiger partial charge on any atom is -0.481 e. The lowest BCUT2D eigenvalue weighted by molar-refractivity contribution is 0.116. The first kappa shape index (κ1) is 16.7. The van der Waals surface area contributed by atoms with Crippen molar-refractivity contribution >= 4 is 0 Å². The van der Waals surface area contributed by atoms with E-state index >= 15 is 0 Å². The number of rotatable bonds is 5. The van der Waals surface area contributed by atoms with Gasteiger partial charge in [0.05, 0.1) is 18.9 Å². The van der Waals surface area contributed by atoms with Crippen LogP contribution >= 0.6 is 0 Å². The van der Waals surface area contributed by atoms with Crippen LogP contribution in [-0.2, 0) is 19.4 Å². The standard InChI is InChI=1S/C19H24N2O3/c1-12(2)17(22)7-5-13-4-6-15-14(10-13)8-9-21-16(15)11-18(24-3)20-19(21)23/h4,6,10-12,17,22H,5,7-9H2,1-3H3. The van der Waals surface area contributed by atoms with Gasteiger partial charge >= 0.3 is 5.69 Å². The first-order chi connectivity index (χ1) is 11.5. The van der Waals surface area contributed by atoms with Gasteiger partial charge < -0.3 is 9.84 Å². The fourth-order valence-corrected chi connectivity index (χ4v) is 3.17. The Morgan fingerprint density at radius 3 is 2.83 bits per heavy atom. The van der Waals surface area contributed by atoms with Crippen molar-refractivity contribution < 1.29 is 9.84 Å². The zero-order chi connectivity index (χ0) is 17.3. The Hall–Kier alpha value is -2.14. The topological polar surface area (TPSA) is 64.4 Å². The lowest BCUT2D eigenvalue weighted by Crippen LogP contribution is -2.28. The first-order valence-electron chi connectivity index (χ1n) is 8.45. The maximum Gasteiger partial charge on any atom is 0.351 e. The zero-order valence-electron chi connectivity index (χ0n) is 14.5. The molecule has 2 heterocycles. The number of fused-ring (bicyclic) bond motifs is 3. The van der Waals surface area contributed by atoms with Crippen molar-refractivity contribution in [3.63, 3.8) is 0 Å². The van der Waals surface area contributed by atoms with Gasteiger partial charge in [-0.25, -0.2) is 4.79 Å². The number of hydrogen-bond acceptors (Lipinski definition) is 4. The van der Waals surface area contributed by atoms with Crippen molar-refractivity contribution in [2.24, 2.45) is 5.92 Å². The van der Waals surface area contributed by atoms with Crippen LogP contribution in [0.2, 0.25) is 0 Å². The molecule has 0 radical (unpaired) electrons. The van der Waals surface area contributed by atoms with Crippen LogP contribution in [0.15, 0.2) is 29.1 Å². The van der Waals surface area contributed by atoms with Gasteiger partial charge in [0.2, 0.25) is 5.88 Å². The van der Waals surface area contributed by atoms with Crippen molar-refractivity contribution in [1.29, 1.82) is 0 Å². The molecule has 0 saturated carbocycles. The first-order valence-corrected chi connectivity index (χ1v) is 8.45. The maximum atomic E-state index is 12.1. The second kappa shape index (κ2) is 6.77. The molecule has 128 valence electrons. The second-order valence-corrected chi connectivity index (χ2v) is 6.71. The predicted molar refractivity (Wildman–Crippen MR) is 93.4 cm³/mol. The molecule has 1 aromatic heterocycles. The molecule has 0 aliphatic carbocycles. The molecule has 24 heavy (non-hydrogen) atoms. The molecule has 1 aliphatic rings. The van der Waals surface area contributed by atoms with Gasteiger partial charge in [0.15, 0.2) is 0 Å². The number of hydrogen-bond donors (Lipinski definition) is 1. The van der Waals surface area contributed by atoms with E-state index < -0.39 is 0 Å². The Morgan fingerprint density at radius 2 is 2.12 bits per heavy atom. The van der Waals surface area contributed by atoms with Gasteiger partial charge in [-0.2, -0.15) is 4.98 Å². The third-order valence-electron chi connectivity index (χ3n) is 4.75. The summed E-state index contributed by atoms with van der Waals surface area (Å²) in [6.45, 7) is 4.71. The maximum absolute atomic E-state index is 12.1. The number of aliphatic hydroxyl groups is 1. The molecular formula is C19H24N2O3. The van der Waals surface area contributed by atoms with Gasteiger partial charge in [-0.3, -0.25) is 4.57 Å². The van der Waals surface area contributed by atoms with Gasteiger partial charge in [0, 0.05) is 18.2 Å². The van der Waals surface area contributed by atoms with Gasteiger partial charge in [-0.05, 0) is 36.3 Å². The molecule has 3 rings (SSSR count). The number of ether oxygens (including phenoxy) is 1. The zero-order valence-corrected chi connectivity index (χ0v) is 14.5. The minimum absolute atomic E-state index is 0.265. The quantitative estimate of drug-likeness (QED) is 0.915. The Bertz CT molecular complexity index is 796. The number of aryl methyl sites for hydroxylation is 2. The van der Waals surface area contributed by atoms with Crippen LogP contribution in [0.1, 0.15) is 31.4 Å². The minimum atomic E-state index is -0.268. The molecule has 1 aliphatic heterocycles. The second-order valence-electron chi connectivity index (χ2n) is 6.71. The van der Waals surface area contributed by atoms with E-state index in [9.17, 15) is 9.90 Å². The van der Waals surface area contributed by atoms with Crippen molar-refractivity contribution in [3.05, 3.63) is 45.9 Å². The van der Waals surface area contributed by atoms with Crippen LogP contribution in [0.4, 0.5) is 0 Å². The number of methoxy groups -OCH3 is 1. The summed E-state index contributed by atoms with van der Waals surface area (Å²) in [6.07, 6.45) is 2.18. The van der Waals surface area contributed by atoms with Crippen LogP contribution in [0, 0.1) is 5.92 Å². The van der Waals surface area contributed by atoms with Crippen molar-refractivity contribution in [2.75, 3.05) is 7.11 Å². The lowest BCUT2D eigenvalue weighted by Gasteiger charge is -2.22. The SMILES string of the molecule is COc1cc2n(c(=O)n1)CCc1cc(CCC(O)C(C)C)ccc1-2. The Morgan fingerprint density at radius 1 is 1.33 bits per heavy atom. The molecule has 0 spiro atoms. The number of aliphatic hydroxyl groups excluding tert-OH is 1. The van der Waals surface area contributed by atoms with Crippen LogP contribution in [0.5, 0.6) is 5.88 Å². The average Bonchev–Trinajstić information content (AvgIpc) is 2.58. The van der Waals surface area contributed by atoms with E-state index in [1.54, 1.807) is 4.57 Å². The van der Waals surface area contributed by atoms with Crippen LogP contribution in [0.25, 0.3) is 11.3 Å². The summed E-state index contributed by atoms with van der Waals surface area (Å²) in [5, 5.41) is 9.99. The highest BCUT2D eigenvalue weighted by atomic mass is 16.5. The highest BCUT2D eigenvalue weighted by molar-refractivity contribution is 5.67. The summed E-state index contributed by atoms with van der Waals surface area (Å²) < 4.78 is 6.84. The largest absolute Gasteiger partial charge is 0.481 e. The van der Waals surface area contributed by atoms with E-state index in [0.29, 0.717) is 12.4 Å². The lowest BCUT2D eigenvalue weighted by atomic mass is 9.93. The monoisotopic (exact) mass is 328 g/mol. The molecule has 0 saturated heterocycles. The third kappa shape index (κ3) is 3.22. The normalized spacial score (nSPS) is 14.2. The highest BCUT2D eigenvalue weighted by Crippen LogP contribution is 2.30. The summed E-state index contributed by atoms with van der Waals surface area (Å²) >= 11 is 0. The summed E-state index contributed by atoms with van der Waals surface area (Å²) in [4.78, 5) is 16.0. The van der Waals surface area contributed by atoms with E-state index in [4.69, 9.17) is 4.74 Å². The van der Waals surface area contributed by atoms with Crippen LogP contribution < -0.4 is 10.4 Å². The van der Waals surface area contributed by atoms with Crippen molar-refractivity contribution in [2.45, 2.75) is 45.8 Å². The Balaban J connectivity index is 1.90. The van der Waals surface area contributed by atoms with Gasteiger partial charge in [0.25, 0.3) is 0 Å². The Labute approximate surface area is 141 Å². The molecule has 2 aromatic rings. The van der Waals surface area contributed by atoms with E-state index in [0.717, 1.165) is 30.5 Å². The van der Waals surface area contributed by atoms with Crippen LogP contribution in [0.3, 0.4) is 0 Å². The summed E-state index contributed by atoms with van der Waals surface area (Å²) in [5.41, 5.74) is 4.12. The molecule has 1 aromatic carbocycles.